The predicted octanol–water partition coefficient (Wildman–Crippen LogP) is 4.36. The molecule has 0 atom stereocenters. The first-order valence-electron chi connectivity index (χ1n) is 10.6. The number of amides is 1. The van der Waals surface area contributed by atoms with Crippen molar-refractivity contribution in [3.63, 3.8) is 0 Å². The van der Waals surface area contributed by atoms with Crippen LogP contribution in [0, 0.1) is 20.8 Å². The van der Waals surface area contributed by atoms with Crippen LogP contribution in [0.25, 0.3) is 10.2 Å². The van der Waals surface area contributed by atoms with E-state index < -0.39 is 22.5 Å². The third-order valence-electron chi connectivity index (χ3n) is 5.61. The van der Waals surface area contributed by atoms with E-state index >= 15 is 0 Å². The Labute approximate surface area is 202 Å². The zero-order valence-corrected chi connectivity index (χ0v) is 21.0. The Kier molecular flexibility index (Phi) is 6.33. The largest absolute Gasteiger partial charge is 0.324 e. The Balaban J connectivity index is 1.69. The fourth-order valence-electron chi connectivity index (χ4n) is 3.67. The smallest absolute Gasteiger partial charge is 0.307 e. The third kappa shape index (κ3) is 4.62. The summed E-state index contributed by atoms with van der Waals surface area (Å²) in [5.41, 5.74) is 4.28. The maximum Gasteiger partial charge on any atom is 0.307 e. The van der Waals surface area contributed by atoms with Gasteiger partial charge in [0, 0.05) is 12.7 Å². The number of carbonyl (C=O) groups excluding carboxylic acids is 1. The Morgan fingerprint density at radius 2 is 1.65 bits per heavy atom. The van der Waals surface area contributed by atoms with Crippen molar-refractivity contribution in [1.29, 1.82) is 0 Å². The van der Waals surface area contributed by atoms with Crippen LogP contribution in [-0.4, -0.2) is 25.4 Å². The number of fused-ring (bicyclic) bond motifs is 1. The molecule has 0 fully saturated rings. The molecule has 34 heavy (non-hydrogen) atoms. The first-order valence-corrected chi connectivity index (χ1v) is 12.9. The molecule has 1 heterocycles. The van der Waals surface area contributed by atoms with Crippen LogP contribution < -0.4 is 14.5 Å². The summed E-state index contributed by atoms with van der Waals surface area (Å²) in [5.74, 6) is -0.487. The van der Waals surface area contributed by atoms with Crippen molar-refractivity contribution in [3.8, 4) is 0 Å². The second kappa shape index (κ2) is 9.08. The van der Waals surface area contributed by atoms with Crippen LogP contribution in [0.2, 0.25) is 0 Å². The zero-order valence-electron chi connectivity index (χ0n) is 19.3. The number of benzene rings is 3. The van der Waals surface area contributed by atoms with Crippen molar-refractivity contribution >= 4 is 48.9 Å². The minimum atomic E-state index is -4.00. The van der Waals surface area contributed by atoms with Gasteiger partial charge in [-0.15, -0.1) is 0 Å². The number of rotatable bonds is 6. The highest BCUT2D eigenvalue weighted by atomic mass is 32.2. The van der Waals surface area contributed by atoms with Crippen LogP contribution in [-0.2, 0) is 21.9 Å². The van der Waals surface area contributed by atoms with E-state index in [1.807, 2.05) is 32.9 Å². The fraction of sp³-hybridized carbons (Fsp3) is 0.200. The van der Waals surface area contributed by atoms with Gasteiger partial charge in [0.1, 0.15) is 6.54 Å². The molecule has 4 rings (SSSR count). The lowest BCUT2D eigenvalue weighted by molar-refractivity contribution is -0.114. The van der Waals surface area contributed by atoms with Gasteiger partial charge in [-0.2, -0.15) is 0 Å². The van der Waals surface area contributed by atoms with Gasteiger partial charge in [-0.3, -0.25) is 13.9 Å². The van der Waals surface area contributed by atoms with E-state index in [1.165, 1.54) is 0 Å². The molecule has 0 aliphatic carbocycles. The second-order valence-corrected chi connectivity index (χ2v) is 11.1. The van der Waals surface area contributed by atoms with E-state index in [9.17, 15) is 18.0 Å². The lowest BCUT2D eigenvalue weighted by atomic mass is 10.1. The van der Waals surface area contributed by atoms with Gasteiger partial charge in [-0.05, 0) is 68.3 Å². The molecular weight excluding hydrogens is 470 g/mol. The van der Waals surface area contributed by atoms with Gasteiger partial charge >= 0.3 is 4.87 Å². The zero-order chi connectivity index (χ0) is 24.6. The number of hydrogen-bond acceptors (Lipinski definition) is 5. The van der Waals surface area contributed by atoms with Gasteiger partial charge in [0.25, 0.3) is 10.0 Å². The molecule has 0 saturated carbocycles. The molecule has 1 N–H and O–H groups in total. The van der Waals surface area contributed by atoms with Gasteiger partial charge in [-0.25, -0.2) is 8.42 Å². The SMILES string of the molecule is Cc1ccc(S(=O)(=O)N(CC(=O)Nc2ccc3c(c2)sc(=O)n3C)c2cc(C)ccc2C)cc1. The van der Waals surface area contributed by atoms with Crippen LogP contribution in [0.15, 0.2) is 70.4 Å². The third-order valence-corrected chi connectivity index (χ3v) is 8.37. The van der Waals surface area contributed by atoms with Crippen LogP contribution >= 0.6 is 11.3 Å². The molecule has 0 unspecified atom stereocenters. The summed E-state index contributed by atoms with van der Waals surface area (Å²) in [6.07, 6.45) is 0. The molecule has 1 amide bonds. The summed E-state index contributed by atoms with van der Waals surface area (Å²) >= 11 is 1.09. The van der Waals surface area contributed by atoms with Gasteiger partial charge in [0.15, 0.2) is 0 Å². The maximum absolute atomic E-state index is 13.6. The van der Waals surface area contributed by atoms with Crippen LogP contribution in [0.4, 0.5) is 11.4 Å². The molecule has 0 radical (unpaired) electrons. The number of nitrogens with one attached hydrogen (secondary N) is 1. The van der Waals surface area contributed by atoms with Crippen molar-refractivity contribution in [2.45, 2.75) is 25.7 Å². The summed E-state index contributed by atoms with van der Waals surface area (Å²) in [5, 5.41) is 2.78. The molecule has 3 aromatic carbocycles. The molecule has 0 saturated heterocycles. The molecule has 9 heteroatoms. The number of sulfonamides is 1. The molecule has 7 nitrogen and oxygen atoms in total. The molecule has 176 valence electrons. The monoisotopic (exact) mass is 495 g/mol. The lowest BCUT2D eigenvalue weighted by Gasteiger charge is -2.26. The van der Waals surface area contributed by atoms with Crippen molar-refractivity contribution in [2.24, 2.45) is 7.05 Å². The van der Waals surface area contributed by atoms with E-state index in [1.54, 1.807) is 60.1 Å². The summed E-state index contributed by atoms with van der Waals surface area (Å²) in [4.78, 5) is 25.0. The number of aromatic nitrogens is 1. The van der Waals surface area contributed by atoms with Crippen molar-refractivity contribution in [3.05, 3.63) is 87.0 Å². The summed E-state index contributed by atoms with van der Waals surface area (Å²) in [6, 6.07) is 17.2. The summed E-state index contributed by atoms with van der Waals surface area (Å²) in [6.45, 7) is 5.17. The lowest BCUT2D eigenvalue weighted by Crippen LogP contribution is -2.38. The Hall–Kier alpha value is -3.43. The van der Waals surface area contributed by atoms with Crippen LogP contribution in [0.3, 0.4) is 0 Å². The summed E-state index contributed by atoms with van der Waals surface area (Å²) in [7, 11) is -2.31. The first-order chi connectivity index (χ1) is 16.1. The molecule has 0 aliphatic heterocycles. The van der Waals surface area contributed by atoms with Gasteiger partial charge in [-0.1, -0.05) is 41.2 Å². The maximum atomic E-state index is 13.6. The van der Waals surface area contributed by atoms with E-state index in [0.717, 1.165) is 42.5 Å². The van der Waals surface area contributed by atoms with Gasteiger partial charge in [0.2, 0.25) is 5.91 Å². The van der Waals surface area contributed by atoms with Crippen molar-refractivity contribution < 1.29 is 13.2 Å². The number of aryl methyl sites for hydroxylation is 4. The highest BCUT2D eigenvalue weighted by molar-refractivity contribution is 7.92. The normalized spacial score (nSPS) is 11.5. The Bertz CT molecular complexity index is 1550. The number of carbonyl (C=O) groups is 1. The average Bonchev–Trinajstić information content (AvgIpc) is 3.07. The highest BCUT2D eigenvalue weighted by Crippen LogP contribution is 2.28. The van der Waals surface area contributed by atoms with E-state index in [0.29, 0.717) is 11.4 Å². The predicted molar refractivity (Wildman–Crippen MR) is 137 cm³/mol. The van der Waals surface area contributed by atoms with Gasteiger partial charge in [0.05, 0.1) is 20.8 Å². The molecule has 0 bridgehead atoms. The van der Waals surface area contributed by atoms with Crippen molar-refractivity contribution in [2.75, 3.05) is 16.2 Å². The van der Waals surface area contributed by atoms with Crippen LogP contribution in [0.1, 0.15) is 16.7 Å². The Morgan fingerprint density at radius 1 is 0.971 bits per heavy atom. The molecule has 4 aromatic rings. The number of nitrogens with zero attached hydrogens (tertiary/aromatic N) is 2. The molecular formula is C25H25N3O4S2. The minimum absolute atomic E-state index is 0.0937. The highest BCUT2D eigenvalue weighted by Gasteiger charge is 2.28. The molecule has 0 spiro atoms. The van der Waals surface area contributed by atoms with Gasteiger partial charge < -0.3 is 9.88 Å². The minimum Gasteiger partial charge on any atom is -0.324 e. The number of thiazole rings is 1. The topological polar surface area (TPSA) is 88.5 Å². The standard InChI is InChI=1S/C25H25N3O4S2/c1-16-6-10-20(11-7-16)34(31,32)28(22-13-17(2)5-8-18(22)3)15-24(29)26-19-9-12-21-23(14-19)33-25(30)27(21)4/h5-14H,15H2,1-4H3,(H,26,29). The second-order valence-electron chi connectivity index (χ2n) is 8.27. The fourth-order valence-corrected chi connectivity index (χ4v) is 6.06. The molecule has 1 aromatic heterocycles. The van der Waals surface area contributed by atoms with Crippen LogP contribution in [0.5, 0.6) is 0 Å². The van der Waals surface area contributed by atoms with E-state index in [4.69, 9.17) is 0 Å². The van der Waals surface area contributed by atoms with E-state index in [-0.39, 0.29) is 9.77 Å². The Morgan fingerprint density at radius 3 is 2.35 bits per heavy atom. The summed E-state index contributed by atoms with van der Waals surface area (Å²) < 4.78 is 30.7. The van der Waals surface area contributed by atoms with E-state index in [2.05, 4.69) is 5.32 Å². The average molecular weight is 496 g/mol. The first kappa shape index (κ1) is 23.7. The molecule has 0 aliphatic rings. The number of anilines is 2. The number of hydrogen-bond donors (Lipinski definition) is 1. The van der Waals surface area contributed by atoms with Crippen molar-refractivity contribution in [1.82, 2.24) is 4.57 Å². The quantitative estimate of drug-likeness (QED) is 0.431.